The van der Waals surface area contributed by atoms with E-state index in [1.165, 1.54) is 4.88 Å². The van der Waals surface area contributed by atoms with E-state index >= 15 is 0 Å². The van der Waals surface area contributed by atoms with Crippen LogP contribution in [0.25, 0.3) is 0 Å². The third kappa shape index (κ3) is 2.90. The number of thioether (sulfide) groups is 1. The first kappa shape index (κ1) is 13.9. The number of nitrogens with zero attached hydrogens (tertiary/aromatic N) is 1. The van der Waals surface area contributed by atoms with Crippen LogP contribution < -0.4 is 5.32 Å². The normalized spacial score (nSPS) is 25.7. The van der Waals surface area contributed by atoms with E-state index in [9.17, 15) is 4.79 Å². The largest absolute Gasteiger partial charge is 0.320 e. The van der Waals surface area contributed by atoms with Crippen molar-refractivity contribution in [3.8, 4) is 0 Å². The van der Waals surface area contributed by atoms with Gasteiger partial charge in [-0.3, -0.25) is 10.1 Å². The van der Waals surface area contributed by atoms with Crippen LogP contribution in [0.1, 0.15) is 24.9 Å². The maximum absolute atomic E-state index is 12.2. The van der Waals surface area contributed by atoms with Gasteiger partial charge < -0.3 is 4.90 Å². The van der Waals surface area contributed by atoms with Gasteiger partial charge in [0.25, 0.3) is 0 Å². The fourth-order valence-corrected chi connectivity index (χ4v) is 3.80. The molecule has 2 rings (SSSR count). The summed E-state index contributed by atoms with van der Waals surface area (Å²) in [5.74, 6) is 1.84. The number of hydrogen-bond donors (Lipinski definition) is 1. The Morgan fingerprint density at radius 1 is 1.61 bits per heavy atom. The van der Waals surface area contributed by atoms with Crippen molar-refractivity contribution >= 4 is 29.0 Å². The number of rotatable bonds is 5. The second-order valence-electron chi connectivity index (χ2n) is 4.86. The van der Waals surface area contributed by atoms with Gasteiger partial charge in [-0.2, -0.15) is 11.8 Å². The van der Waals surface area contributed by atoms with E-state index in [2.05, 4.69) is 29.9 Å². The molecular formula is C13H20N2OS2. The highest BCUT2D eigenvalue weighted by molar-refractivity contribution is 7.98. The molecule has 2 heterocycles. The molecule has 1 aliphatic heterocycles. The summed E-state index contributed by atoms with van der Waals surface area (Å²) in [6.45, 7) is 4.99. The zero-order valence-corrected chi connectivity index (χ0v) is 12.7. The van der Waals surface area contributed by atoms with Gasteiger partial charge in [-0.15, -0.1) is 11.3 Å². The van der Waals surface area contributed by atoms with Crippen LogP contribution in [0.4, 0.5) is 0 Å². The molecule has 3 atom stereocenters. The zero-order valence-electron chi connectivity index (χ0n) is 11.1. The quantitative estimate of drug-likeness (QED) is 0.902. The molecule has 3 unspecified atom stereocenters. The highest BCUT2D eigenvalue weighted by Gasteiger charge is 2.37. The Morgan fingerprint density at radius 2 is 2.39 bits per heavy atom. The summed E-state index contributed by atoms with van der Waals surface area (Å²) in [6, 6.07) is 4.07. The number of thiophene rings is 1. The van der Waals surface area contributed by atoms with Crippen molar-refractivity contribution in [1.29, 1.82) is 0 Å². The van der Waals surface area contributed by atoms with Crippen LogP contribution >= 0.6 is 23.1 Å². The fraction of sp³-hybridized carbons (Fsp3) is 0.615. The van der Waals surface area contributed by atoms with Crippen molar-refractivity contribution < 1.29 is 4.79 Å². The SMILES string of the molecule is CSCC(C)CN1C(=O)C(C)NC1c1cccs1. The zero-order chi connectivity index (χ0) is 13.1. The molecule has 1 amide bonds. The lowest BCUT2D eigenvalue weighted by Crippen LogP contribution is -2.34. The smallest absolute Gasteiger partial charge is 0.241 e. The summed E-state index contributed by atoms with van der Waals surface area (Å²) >= 11 is 3.54. The molecule has 0 bridgehead atoms. The summed E-state index contributed by atoms with van der Waals surface area (Å²) in [6.07, 6.45) is 2.18. The van der Waals surface area contributed by atoms with Crippen molar-refractivity contribution in [2.24, 2.45) is 5.92 Å². The van der Waals surface area contributed by atoms with Crippen LogP contribution in [0.2, 0.25) is 0 Å². The third-order valence-electron chi connectivity index (χ3n) is 3.15. The van der Waals surface area contributed by atoms with Gasteiger partial charge in [0.2, 0.25) is 5.91 Å². The average Bonchev–Trinajstić information content (AvgIpc) is 2.93. The maximum Gasteiger partial charge on any atom is 0.241 e. The lowest BCUT2D eigenvalue weighted by atomic mass is 10.2. The van der Waals surface area contributed by atoms with Crippen LogP contribution in [0.15, 0.2) is 17.5 Å². The number of carbonyl (C=O) groups excluding carboxylic acids is 1. The van der Waals surface area contributed by atoms with Crippen LogP contribution in [-0.4, -0.2) is 35.4 Å². The predicted octanol–water partition coefficient (Wildman–Crippen LogP) is 2.57. The minimum absolute atomic E-state index is 0.0665. The first-order valence-electron chi connectivity index (χ1n) is 6.22. The molecule has 0 radical (unpaired) electrons. The van der Waals surface area contributed by atoms with Gasteiger partial charge >= 0.3 is 0 Å². The molecule has 1 saturated heterocycles. The van der Waals surface area contributed by atoms with E-state index < -0.39 is 0 Å². The van der Waals surface area contributed by atoms with Crippen molar-refractivity contribution in [2.45, 2.75) is 26.1 Å². The second-order valence-corrected chi connectivity index (χ2v) is 6.75. The van der Waals surface area contributed by atoms with Crippen LogP contribution in [0.5, 0.6) is 0 Å². The lowest BCUT2D eigenvalue weighted by Gasteiger charge is -2.26. The fourth-order valence-electron chi connectivity index (χ4n) is 2.33. The molecular weight excluding hydrogens is 264 g/mol. The van der Waals surface area contributed by atoms with Crippen molar-refractivity contribution in [3.05, 3.63) is 22.4 Å². The molecule has 0 aliphatic carbocycles. The van der Waals surface area contributed by atoms with Crippen molar-refractivity contribution in [1.82, 2.24) is 10.2 Å². The van der Waals surface area contributed by atoms with Gasteiger partial charge in [0.15, 0.2) is 0 Å². The first-order chi connectivity index (χ1) is 8.63. The molecule has 0 spiro atoms. The predicted molar refractivity (Wildman–Crippen MR) is 78.9 cm³/mol. The van der Waals surface area contributed by atoms with Crippen LogP contribution in [0, 0.1) is 5.92 Å². The Hall–Kier alpha value is -0.520. The standard InChI is InChI=1S/C13H20N2OS2/c1-9(8-17-3)7-15-12(11-5-4-6-18-11)14-10(2)13(15)16/h4-6,9-10,12,14H,7-8H2,1-3H3. The van der Waals surface area contributed by atoms with Gasteiger partial charge in [-0.25, -0.2) is 0 Å². The van der Waals surface area contributed by atoms with Crippen LogP contribution in [0.3, 0.4) is 0 Å². The van der Waals surface area contributed by atoms with Gasteiger partial charge in [0.1, 0.15) is 6.17 Å². The molecule has 0 aromatic carbocycles. The Kier molecular flexibility index (Phi) is 4.70. The summed E-state index contributed by atoms with van der Waals surface area (Å²) in [7, 11) is 0. The maximum atomic E-state index is 12.2. The molecule has 5 heteroatoms. The Morgan fingerprint density at radius 3 is 3.00 bits per heavy atom. The molecule has 1 aromatic rings. The minimum atomic E-state index is -0.0708. The average molecular weight is 284 g/mol. The molecule has 18 heavy (non-hydrogen) atoms. The highest BCUT2D eigenvalue weighted by atomic mass is 32.2. The molecule has 1 aromatic heterocycles. The van der Waals surface area contributed by atoms with Crippen molar-refractivity contribution in [3.63, 3.8) is 0 Å². The van der Waals surface area contributed by atoms with E-state index in [-0.39, 0.29) is 18.1 Å². The highest BCUT2D eigenvalue weighted by Crippen LogP contribution is 2.29. The summed E-state index contributed by atoms with van der Waals surface area (Å²) < 4.78 is 0. The topological polar surface area (TPSA) is 32.3 Å². The molecule has 1 aliphatic rings. The number of hydrogen-bond acceptors (Lipinski definition) is 4. The Bertz CT molecular complexity index is 394. The van der Waals surface area contributed by atoms with E-state index in [1.807, 2.05) is 29.7 Å². The first-order valence-corrected chi connectivity index (χ1v) is 8.49. The second kappa shape index (κ2) is 6.08. The van der Waals surface area contributed by atoms with Gasteiger partial charge in [-0.05, 0) is 36.3 Å². The van der Waals surface area contributed by atoms with Gasteiger partial charge in [-0.1, -0.05) is 13.0 Å². The molecule has 3 nitrogen and oxygen atoms in total. The van der Waals surface area contributed by atoms with E-state index in [0.29, 0.717) is 5.92 Å². The van der Waals surface area contributed by atoms with Gasteiger partial charge in [0.05, 0.1) is 6.04 Å². The molecule has 0 saturated carbocycles. The van der Waals surface area contributed by atoms with E-state index in [0.717, 1.165) is 12.3 Å². The van der Waals surface area contributed by atoms with Crippen molar-refractivity contribution in [2.75, 3.05) is 18.6 Å². The molecule has 100 valence electrons. The number of amides is 1. The molecule has 1 N–H and O–H groups in total. The van der Waals surface area contributed by atoms with E-state index in [1.54, 1.807) is 11.3 Å². The summed E-state index contributed by atoms with van der Waals surface area (Å²) in [5.41, 5.74) is 0. The summed E-state index contributed by atoms with van der Waals surface area (Å²) in [5, 5.41) is 5.45. The monoisotopic (exact) mass is 284 g/mol. The Labute approximate surface area is 117 Å². The number of nitrogens with one attached hydrogen (secondary N) is 1. The molecule has 1 fully saturated rings. The number of carbonyl (C=O) groups is 1. The van der Waals surface area contributed by atoms with Gasteiger partial charge in [0, 0.05) is 11.4 Å². The summed E-state index contributed by atoms with van der Waals surface area (Å²) in [4.78, 5) is 15.4. The minimum Gasteiger partial charge on any atom is -0.320 e. The lowest BCUT2D eigenvalue weighted by molar-refractivity contribution is -0.130. The Balaban J connectivity index is 2.11. The third-order valence-corrected chi connectivity index (χ3v) is 4.97. The van der Waals surface area contributed by atoms with E-state index in [4.69, 9.17) is 0 Å². The van der Waals surface area contributed by atoms with Crippen LogP contribution in [-0.2, 0) is 4.79 Å².